The maximum atomic E-state index is 11.1. The summed E-state index contributed by atoms with van der Waals surface area (Å²) >= 11 is 0. The lowest BCUT2D eigenvalue weighted by molar-refractivity contribution is 0.379. The Kier molecular flexibility index (Phi) is 1.58. The number of epoxide rings is 1. The van der Waals surface area contributed by atoms with Crippen LogP contribution in [0.25, 0.3) is 0 Å². The van der Waals surface area contributed by atoms with Crippen molar-refractivity contribution in [2.75, 3.05) is 12.3 Å². The van der Waals surface area contributed by atoms with Crippen molar-refractivity contribution in [3.63, 3.8) is 0 Å². The van der Waals surface area contributed by atoms with E-state index in [9.17, 15) is 4.79 Å². The average molecular weight is 167 g/mol. The summed E-state index contributed by atoms with van der Waals surface area (Å²) < 4.78 is 6.47. The zero-order valence-electron chi connectivity index (χ0n) is 6.43. The summed E-state index contributed by atoms with van der Waals surface area (Å²) in [4.78, 5) is 14.7. The third-order valence-electron chi connectivity index (χ3n) is 1.70. The number of rotatable bonds is 2. The highest BCUT2D eigenvalue weighted by Crippen LogP contribution is 2.09. The number of nitrogens with zero attached hydrogens (tertiary/aromatic N) is 2. The fourth-order valence-corrected chi connectivity index (χ4v) is 0.974. The topological polar surface area (TPSA) is 73.4 Å². The Labute approximate surface area is 68.8 Å². The molecule has 0 bridgehead atoms. The standard InChI is InChI=1S/C7H9N3O2/c8-6-1-2-10(7(11)9-6)3-5-4-12-5/h1-2,5H,3-4H2,(H2,8,9,11). The second-order valence-corrected chi connectivity index (χ2v) is 2.74. The molecule has 1 aliphatic rings. The van der Waals surface area contributed by atoms with Gasteiger partial charge in [-0.2, -0.15) is 4.98 Å². The van der Waals surface area contributed by atoms with Crippen molar-refractivity contribution in [2.24, 2.45) is 0 Å². The summed E-state index contributed by atoms with van der Waals surface area (Å²) in [6.07, 6.45) is 1.82. The minimum atomic E-state index is -0.314. The quantitative estimate of drug-likeness (QED) is 0.586. The van der Waals surface area contributed by atoms with E-state index in [1.807, 2.05) is 0 Å². The smallest absolute Gasteiger partial charge is 0.349 e. The van der Waals surface area contributed by atoms with Gasteiger partial charge >= 0.3 is 5.69 Å². The zero-order valence-corrected chi connectivity index (χ0v) is 6.43. The lowest BCUT2D eigenvalue weighted by Crippen LogP contribution is -2.24. The lowest BCUT2D eigenvalue weighted by Gasteiger charge is -2.00. The zero-order chi connectivity index (χ0) is 8.55. The number of nitrogens with two attached hydrogens (primary N) is 1. The minimum absolute atomic E-state index is 0.188. The van der Waals surface area contributed by atoms with Crippen molar-refractivity contribution >= 4 is 5.82 Å². The van der Waals surface area contributed by atoms with Crippen LogP contribution in [0.3, 0.4) is 0 Å². The summed E-state index contributed by atoms with van der Waals surface area (Å²) in [5.74, 6) is 0.257. The van der Waals surface area contributed by atoms with Gasteiger partial charge in [0.15, 0.2) is 0 Å². The van der Waals surface area contributed by atoms with Crippen molar-refractivity contribution in [1.82, 2.24) is 9.55 Å². The summed E-state index contributed by atoms with van der Waals surface area (Å²) in [6.45, 7) is 1.31. The molecule has 5 nitrogen and oxygen atoms in total. The van der Waals surface area contributed by atoms with Crippen LogP contribution < -0.4 is 11.4 Å². The Morgan fingerprint density at radius 3 is 3.17 bits per heavy atom. The van der Waals surface area contributed by atoms with E-state index >= 15 is 0 Å². The van der Waals surface area contributed by atoms with Crippen LogP contribution in [0.5, 0.6) is 0 Å². The van der Waals surface area contributed by atoms with E-state index in [-0.39, 0.29) is 17.6 Å². The number of hydrogen-bond donors (Lipinski definition) is 1. The summed E-state index contributed by atoms with van der Waals surface area (Å²) in [5.41, 5.74) is 5.00. The fourth-order valence-electron chi connectivity index (χ4n) is 0.974. The normalized spacial score (nSPS) is 20.8. The van der Waals surface area contributed by atoms with Crippen molar-refractivity contribution in [2.45, 2.75) is 12.6 Å². The summed E-state index contributed by atoms with van der Waals surface area (Å²) in [7, 11) is 0. The van der Waals surface area contributed by atoms with Crippen molar-refractivity contribution in [3.8, 4) is 0 Å². The first-order valence-corrected chi connectivity index (χ1v) is 3.70. The Morgan fingerprint density at radius 2 is 2.58 bits per heavy atom. The second-order valence-electron chi connectivity index (χ2n) is 2.74. The van der Waals surface area contributed by atoms with Crippen LogP contribution in [0.1, 0.15) is 0 Å². The van der Waals surface area contributed by atoms with Gasteiger partial charge in [0, 0.05) is 6.20 Å². The van der Waals surface area contributed by atoms with Crippen LogP contribution in [0.4, 0.5) is 5.82 Å². The number of hydrogen-bond acceptors (Lipinski definition) is 4. The fraction of sp³-hybridized carbons (Fsp3) is 0.429. The van der Waals surface area contributed by atoms with Crippen LogP contribution in [0.2, 0.25) is 0 Å². The predicted octanol–water partition coefficient (Wildman–Crippen LogP) is -0.776. The van der Waals surface area contributed by atoms with E-state index in [4.69, 9.17) is 10.5 Å². The van der Waals surface area contributed by atoms with E-state index in [1.165, 1.54) is 4.57 Å². The monoisotopic (exact) mass is 167 g/mol. The van der Waals surface area contributed by atoms with Crippen LogP contribution in [0, 0.1) is 0 Å². The van der Waals surface area contributed by atoms with Gasteiger partial charge in [-0.15, -0.1) is 0 Å². The van der Waals surface area contributed by atoms with E-state index < -0.39 is 0 Å². The molecule has 0 amide bonds. The van der Waals surface area contributed by atoms with Gasteiger partial charge in [0.25, 0.3) is 0 Å². The first-order chi connectivity index (χ1) is 5.75. The van der Waals surface area contributed by atoms with Crippen molar-refractivity contribution in [1.29, 1.82) is 0 Å². The molecule has 2 N–H and O–H groups in total. The van der Waals surface area contributed by atoms with Crippen molar-refractivity contribution < 1.29 is 4.74 Å². The van der Waals surface area contributed by atoms with Gasteiger partial charge in [-0.05, 0) is 6.07 Å². The number of nitrogen functional groups attached to an aromatic ring is 1. The third kappa shape index (κ3) is 1.45. The van der Waals surface area contributed by atoms with E-state index in [1.54, 1.807) is 12.3 Å². The van der Waals surface area contributed by atoms with Gasteiger partial charge in [-0.25, -0.2) is 4.79 Å². The molecule has 12 heavy (non-hydrogen) atoms. The van der Waals surface area contributed by atoms with E-state index in [0.717, 1.165) is 6.61 Å². The van der Waals surface area contributed by atoms with E-state index in [2.05, 4.69) is 4.98 Å². The molecule has 2 rings (SSSR count). The molecule has 2 heterocycles. The van der Waals surface area contributed by atoms with Crippen LogP contribution >= 0.6 is 0 Å². The highest BCUT2D eigenvalue weighted by molar-refractivity contribution is 5.23. The number of ether oxygens (including phenoxy) is 1. The lowest BCUT2D eigenvalue weighted by atomic mass is 10.4. The minimum Gasteiger partial charge on any atom is -0.383 e. The molecule has 0 aromatic carbocycles. The van der Waals surface area contributed by atoms with Crippen LogP contribution in [-0.4, -0.2) is 22.3 Å². The molecule has 0 spiro atoms. The molecule has 1 unspecified atom stereocenters. The molecule has 1 aromatic rings. The highest BCUT2D eigenvalue weighted by Gasteiger charge is 2.23. The molecule has 1 fully saturated rings. The Morgan fingerprint density at radius 1 is 1.83 bits per heavy atom. The Bertz CT molecular complexity index is 343. The maximum absolute atomic E-state index is 11.1. The van der Waals surface area contributed by atoms with Gasteiger partial charge in [0.05, 0.1) is 19.3 Å². The molecule has 5 heteroatoms. The van der Waals surface area contributed by atoms with Crippen molar-refractivity contribution in [3.05, 3.63) is 22.7 Å². The molecule has 64 valence electrons. The summed E-state index contributed by atoms with van der Waals surface area (Å²) in [6, 6.07) is 1.60. The molecule has 1 saturated heterocycles. The van der Waals surface area contributed by atoms with Crippen LogP contribution in [-0.2, 0) is 11.3 Å². The van der Waals surface area contributed by atoms with Gasteiger partial charge in [0.1, 0.15) is 5.82 Å². The Balaban J connectivity index is 2.24. The molecule has 0 saturated carbocycles. The average Bonchev–Trinajstić information content (AvgIpc) is 2.79. The SMILES string of the molecule is Nc1ccn(CC2CO2)c(=O)n1. The van der Waals surface area contributed by atoms with Crippen LogP contribution in [0.15, 0.2) is 17.1 Å². The molecule has 1 aromatic heterocycles. The maximum Gasteiger partial charge on any atom is 0.349 e. The molecular formula is C7H9N3O2. The first kappa shape index (κ1) is 7.30. The highest BCUT2D eigenvalue weighted by atomic mass is 16.6. The van der Waals surface area contributed by atoms with Gasteiger partial charge in [-0.1, -0.05) is 0 Å². The molecular weight excluding hydrogens is 158 g/mol. The molecule has 1 aliphatic heterocycles. The second kappa shape index (κ2) is 2.60. The van der Waals surface area contributed by atoms with Gasteiger partial charge < -0.3 is 10.5 Å². The van der Waals surface area contributed by atoms with E-state index in [0.29, 0.717) is 6.54 Å². The molecule has 0 radical (unpaired) electrons. The molecule has 0 aliphatic carbocycles. The molecule has 1 atom stereocenters. The summed E-state index contributed by atoms with van der Waals surface area (Å²) in [5, 5.41) is 0. The van der Waals surface area contributed by atoms with Gasteiger partial charge in [-0.3, -0.25) is 4.57 Å². The number of aromatic nitrogens is 2. The number of anilines is 1. The largest absolute Gasteiger partial charge is 0.383 e. The first-order valence-electron chi connectivity index (χ1n) is 3.70. The Hall–Kier alpha value is -1.36. The predicted molar refractivity (Wildman–Crippen MR) is 42.6 cm³/mol. The third-order valence-corrected chi connectivity index (χ3v) is 1.70. The van der Waals surface area contributed by atoms with Gasteiger partial charge in [0.2, 0.25) is 0 Å².